The van der Waals surface area contributed by atoms with E-state index >= 15 is 30.7 Å². The Bertz CT molecular complexity index is 897. The third-order valence-corrected chi connectivity index (χ3v) is 11.4. The van der Waals surface area contributed by atoms with Crippen LogP contribution in [0.25, 0.3) is 0 Å². The summed E-state index contributed by atoms with van der Waals surface area (Å²) in [6, 6.07) is 0. The normalized spacial score (nSPS) is 51.5. The van der Waals surface area contributed by atoms with Gasteiger partial charge in [0.25, 0.3) is 0 Å². The van der Waals surface area contributed by atoms with E-state index in [0.29, 0.717) is 18.9 Å². The fraction of sp³-hybridized carbons (Fsp3) is 1.00. The van der Waals surface area contributed by atoms with Crippen LogP contribution in [0.3, 0.4) is 0 Å². The zero-order valence-electron chi connectivity index (χ0n) is 25.1. The summed E-state index contributed by atoms with van der Waals surface area (Å²) in [6.45, 7) is 2.55. The van der Waals surface area contributed by atoms with Crippen LogP contribution in [0.4, 0.5) is 43.9 Å². The first kappa shape index (κ1) is 34.6. The molecule has 0 N–H and O–H groups in total. The van der Waals surface area contributed by atoms with Crippen molar-refractivity contribution in [2.75, 3.05) is 6.61 Å². The van der Waals surface area contributed by atoms with Crippen LogP contribution in [-0.2, 0) is 9.47 Å². The molecule has 5 rings (SSSR count). The number of hydrogen-bond acceptors (Lipinski definition) is 2. The van der Waals surface area contributed by atoms with Gasteiger partial charge >= 0.3 is 6.11 Å². The summed E-state index contributed by atoms with van der Waals surface area (Å²) in [7, 11) is 0. The number of rotatable bonds is 6. The number of halogens is 10. The first-order valence-electron chi connectivity index (χ1n) is 16.5. The van der Waals surface area contributed by atoms with Crippen molar-refractivity contribution in [2.45, 2.75) is 152 Å². The van der Waals surface area contributed by atoms with E-state index in [1.807, 2.05) is 6.92 Å². The molecule has 0 spiro atoms. The topological polar surface area (TPSA) is 18.5 Å². The maximum atomic E-state index is 15.3. The average molecular weight is 653 g/mol. The van der Waals surface area contributed by atoms with Crippen molar-refractivity contribution in [1.82, 2.24) is 0 Å². The molecule has 5 aliphatic rings. The highest BCUT2D eigenvalue weighted by Gasteiger charge is 2.58. The molecule has 0 amide bonds. The van der Waals surface area contributed by atoms with Gasteiger partial charge in [-0.1, -0.05) is 6.92 Å². The summed E-state index contributed by atoms with van der Waals surface area (Å²) < 4.78 is 160. The lowest BCUT2D eigenvalue weighted by atomic mass is 9.65. The molecule has 0 aromatic carbocycles. The van der Waals surface area contributed by atoms with E-state index < -0.39 is 117 Å². The molecule has 4 aliphatic carbocycles. The van der Waals surface area contributed by atoms with Crippen molar-refractivity contribution < 1.29 is 53.4 Å². The smallest absolute Gasteiger partial charge is 0.364 e. The Morgan fingerprint density at radius 1 is 0.568 bits per heavy atom. The second kappa shape index (κ2) is 14.1. The van der Waals surface area contributed by atoms with Crippen LogP contribution in [0.2, 0.25) is 0 Å². The van der Waals surface area contributed by atoms with Crippen molar-refractivity contribution in [3.8, 4) is 0 Å². The predicted octanol–water partition coefficient (Wildman–Crippen LogP) is 9.14. The van der Waals surface area contributed by atoms with Crippen molar-refractivity contribution in [1.29, 1.82) is 0 Å². The zero-order chi connectivity index (χ0) is 31.9. The first-order chi connectivity index (χ1) is 20.7. The zero-order valence-corrected chi connectivity index (χ0v) is 25.1. The molecule has 0 bridgehead atoms. The van der Waals surface area contributed by atoms with E-state index in [0.717, 1.165) is 6.42 Å². The van der Waals surface area contributed by atoms with E-state index in [-0.39, 0.29) is 50.5 Å². The molecule has 44 heavy (non-hydrogen) atoms. The Balaban J connectivity index is 1.15. The Kier molecular flexibility index (Phi) is 11.1. The predicted molar refractivity (Wildman–Crippen MR) is 144 cm³/mol. The van der Waals surface area contributed by atoms with E-state index in [9.17, 15) is 13.2 Å². The van der Waals surface area contributed by atoms with Crippen LogP contribution >= 0.6 is 0 Å². The standard InChI is InChI=1S/C32H46F10O2/c1-15-2-5-29(43-14-15)17-8-25(37)30(26(38)9-17)18-10-27(39)31(28(40)11-18)32(41,42)44-20-3-4-21(22(34)13-20)16-6-19(33)12-24(36)23(35)7-16/h15-31H,2-14H2,1H3. The molecule has 0 aromatic rings. The number of alkyl halides is 10. The molecule has 5 fully saturated rings. The summed E-state index contributed by atoms with van der Waals surface area (Å²) in [6.07, 6.45) is -23.1. The van der Waals surface area contributed by atoms with Crippen LogP contribution < -0.4 is 0 Å². The minimum absolute atomic E-state index is 0.00248. The molecule has 12 heteroatoms. The van der Waals surface area contributed by atoms with E-state index in [2.05, 4.69) is 0 Å². The lowest BCUT2D eigenvalue weighted by molar-refractivity contribution is -0.322. The molecule has 2 nitrogen and oxygen atoms in total. The largest absolute Gasteiger partial charge is 0.378 e. The second-order valence-corrected chi connectivity index (χ2v) is 14.6. The summed E-state index contributed by atoms with van der Waals surface area (Å²) in [5, 5.41) is 0. The van der Waals surface area contributed by atoms with Crippen LogP contribution in [0.1, 0.15) is 84.0 Å². The van der Waals surface area contributed by atoms with Gasteiger partial charge in [0, 0.05) is 25.4 Å². The number of ether oxygens (including phenoxy) is 2. The molecule has 1 aliphatic heterocycles. The van der Waals surface area contributed by atoms with Crippen molar-refractivity contribution in [3.63, 3.8) is 0 Å². The SMILES string of the molecule is CC1CCC(C2CC(F)C(C3CC(F)C(C(F)(F)OC4CCC(C5CC(F)CC(F)C(F)C5)C(F)C4)C(F)C3)C(F)C2)OC1. The summed E-state index contributed by atoms with van der Waals surface area (Å²) in [5.41, 5.74) is 0. The van der Waals surface area contributed by atoms with Crippen LogP contribution in [0.15, 0.2) is 0 Å². The van der Waals surface area contributed by atoms with Gasteiger partial charge in [-0.2, -0.15) is 8.78 Å². The highest BCUT2D eigenvalue weighted by molar-refractivity contribution is 5.00. The van der Waals surface area contributed by atoms with Gasteiger partial charge in [-0.05, 0) is 93.8 Å². The highest BCUT2D eigenvalue weighted by atomic mass is 19.3. The Hall–Kier alpha value is -0.780. The van der Waals surface area contributed by atoms with Crippen LogP contribution in [0.5, 0.6) is 0 Å². The molecule has 1 heterocycles. The number of hydrogen-bond donors (Lipinski definition) is 0. The maximum absolute atomic E-state index is 15.3. The van der Waals surface area contributed by atoms with Gasteiger partial charge in [0.05, 0.1) is 12.2 Å². The van der Waals surface area contributed by atoms with Gasteiger partial charge in [0.2, 0.25) is 0 Å². The molecule has 13 unspecified atom stereocenters. The summed E-state index contributed by atoms with van der Waals surface area (Å²) in [5.74, 6) is -6.56. The fourth-order valence-corrected chi connectivity index (χ4v) is 9.06. The Morgan fingerprint density at radius 2 is 1.16 bits per heavy atom. The van der Waals surface area contributed by atoms with Gasteiger partial charge in [0.15, 0.2) is 0 Å². The van der Waals surface area contributed by atoms with Crippen molar-refractivity contribution >= 4 is 0 Å². The first-order valence-corrected chi connectivity index (χ1v) is 16.5. The fourth-order valence-electron chi connectivity index (χ4n) is 9.06. The van der Waals surface area contributed by atoms with E-state index in [1.54, 1.807) is 0 Å². The third-order valence-electron chi connectivity index (χ3n) is 11.4. The van der Waals surface area contributed by atoms with E-state index in [4.69, 9.17) is 9.47 Å². The van der Waals surface area contributed by atoms with Crippen LogP contribution in [0, 0.1) is 41.4 Å². The lowest BCUT2D eigenvalue weighted by Crippen LogP contribution is -2.53. The average Bonchev–Trinajstić information content (AvgIpc) is 3.04. The molecule has 0 aromatic heterocycles. The van der Waals surface area contributed by atoms with Gasteiger partial charge in [0.1, 0.15) is 55.3 Å². The van der Waals surface area contributed by atoms with Gasteiger partial charge in [-0.15, -0.1) is 0 Å². The van der Waals surface area contributed by atoms with Crippen molar-refractivity contribution in [3.05, 3.63) is 0 Å². The molecule has 0 radical (unpaired) electrons. The monoisotopic (exact) mass is 652 g/mol. The van der Waals surface area contributed by atoms with Crippen molar-refractivity contribution in [2.24, 2.45) is 41.4 Å². The molecular weight excluding hydrogens is 606 g/mol. The minimum atomic E-state index is -4.31. The van der Waals surface area contributed by atoms with Gasteiger partial charge < -0.3 is 9.47 Å². The van der Waals surface area contributed by atoms with Gasteiger partial charge in [-0.3, -0.25) is 0 Å². The maximum Gasteiger partial charge on any atom is 0.364 e. The quantitative estimate of drug-likeness (QED) is 0.211. The molecule has 13 atom stereocenters. The third kappa shape index (κ3) is 7.67. The Labute approximate surface area is 253 Å². The lowest BCUT2D eigenvalue weighted by Gasteiger charge is -2.46. The van der Waals surface area contributed by atoms with Crippen LogP contribution in [-0.4, -0.2) is 74.3 Å². The molecular formula is C32H46F10O2. The molecule has 256 valence electrons. The summed E-state index contributed by atoms with van der Waals surface area (Å²) >= 11 is 0. The highest BCUT2D eigenvalue weighted by Crippen LogP contribution is 2.51. The summed E-state index contributed by atoms with van der Waals surface area (Å²) in [4.78, 5) is 0. The van der Waals surface area contributed by atoms with E-state index in [1.165, 1.54) is 0 Å². The molecule has 1 saturated heterocycles. The second-order valence-electron chi connectivity index (χ2n) is 14.6. The molecule has 4 saturated carbocycles. The minimum Gasteiger partial charge on any atom is -0.378 e. The van der Waals surface area contributed by atoms with Gasteiger partial charge in [-0.25, -0.2) is 35.1 Å². The Morgan fingerprint density at radius 3 is 1.75 bits per heavy atom.